The molecule has 0 saturated carbocycles. The second-order valence-electron chi connectivity index (χ2n) is 27.2. The molecule has 0 aliphatic heterocycles. The lowest BCUT2D eigenvalue weighted by Crippen LogP contribution is -2.30. The Bertz CT molecular complexity index is 1790. The van der Waals surface area contributed by atoms with E-state index in [-0.39, 0.29) is 25.7 Å². The predicted molar refractivity (Wildman–Crippen MR) is 377 cm³/mol. The van der Waals surface area contributed by atoms with Crippen LogP contribution < -0.4 is 0 Å². The number of phosphoric acid groups is 2. The summed E-state index contributed by atoms with van der Waals surface area (Å²) in [5.41, 5.74) is 0. The van der Waals surface area contributed by atoms with Gasteiger partial charge in [-0.3, -0.25) is 37.3 Å². The van der Waals surface area contributed by atoms with Crippen molar-refractivity contribution in [1.82, 2.24) is 0 Å². The molecule has 0 aliphatic rings. The van der Waals surface area contributed by atoms with E-state index in [1.807, 2.05) is 0 Å². The Morgan fingerprint density at radius 3 is 0.731 bits per heavy atom. The van der Waals surface area contributed by atoms with E-state index in [4.69, 9.17) is 37.0 Å². The molecule has 0 aromatic carbocycles. The highest BCUT2D eigenvalue weighted by Gasteiger charge is 2.30. The topological polar surface area (TPSA) is 237 Å². The van der Waals surface area contributed by atoms with E-state index >= 15 is 0 Å². The van der Waals surface area contributed by atoms with Crippen molar-refractivity contribution >= 4 is 39.5 Å². The first-order valence-electron chi connectivity index (χ1n) is 38.6. The largest absolute Gasteiger partial charge is 0.472 e. The van der Waals surface area contributed by atoms with E-state index in [9.17, 15) is 43.2 Å². The number of unbranched alkanes of at least 4 members (excludes halogenated alkanes) is 46. The fourth-order valence-electron chi connectivity index (χ4n) is 11.4. The maximum Gasteiger partial charge on any atom is 0.472 e. The zero-order valence-corrected chi connectivity index (χ0v) is 62.2. The van der Waals surface area contributed by atoms with Gasteiger partial charge in [0.25, 0.3) is 0 Å². The maximum absolute atomic E-state index is 13.1. The second kappa shape index (κ2) is 67.3. The molecule has 3 N–H and O–H groups in total. The Morgan fingerprint density at radius 1 is 0.290 bits per heavy atom. The highest BCUT2D eigenvalue weighted by molar-refractivity contribution is 7.47. The smallest absolute Gasteiger partial charge is 0.462 e. The number of ether oxygens (including phenoxy) is 4. The van der Waals surface area contributed by atoms with Crippen LogP contribution in [0.5, 0.6) is 0 Å². The third-order valence-electron chi connectivity index (χ3n) is 17.3. The van der Waals surface area contributed by atoms with Crippen molar-refractivity contribution in [1.29, 1.82) is 0 Å². The molecular weight excluding hydrogens is 1220 g/mol. The molecule has 0 fully saturated rings. The number of carbonyl (C=O) groups excluding carboxylic acids is 4. The number of aliphatic hydroxyl groups excluding tert-OH is 1. The lowest BCUT2D eigenvalue weighted by molar-refractivity contribution is -0.161. The monoisotopic (exact) mass is 1370 g/mol. The highest BCUT2D eigenvalue weighted by Crippen LogP contribution is 2.45. The van der Waals surface area contributed by atoms with E-state index in [0.29, 0.717) is 31.6 Å². The normalized spacial score (nSPS) is 14.0. The average Bonchev–Trinajstić information content (AvgIpc) is 3.75. The first-order valence-corrected chi connectivity index (χ1v) is 41.6. The number of hydrogen-bond donors (Lipinski definition) is 3. The molecule has 93 heavy (non-hydrogen) atoms. The van der Waals surface area contributed by atoms with Gasteiger partial charge in [-0.1, -0.05) is 336 Å². The summed E-state index contributed by atoms with van der Waals surface area (Å²) in [5, 5.41) is 10.6. The fourth-order valence-corrected chi connectivity index (χ4v) is 12.9. The van der Waals surface area contributed by atoms with Crippen LogP contribution in [0.3, 0.4) is 0 Å². The van der Waals surface area contributed by atoms with Gasteiger partial charge in [0.05, 0.1) is 26.4 Å². The Hall–Kier alpha value is -1.94. The molecule has 2 unspecified atom stereocenters. The molecule has 0 aromatic rings. The van der Waals surface area contributed by atoms with Crippen molar-refractivity contribution < 1.29 is 80.2 Å². The van der Waals surface area contributed by atoms with E-state index in [1.165, 1.54) is 212 Å². The molecular formula is C74H144O17P2. The van der Waals surface area contributed by atoms with Crippen molar-refractivity contribution in [2.75, 3.05) is 39.6 Å². The van der Waals surface area contributed by atoms with Crippen LogP contribution in [0, 0.1) is 5.92 Å². The first kappa shape index (κ1) is 91.1. The van der Waals surface area contributed by atoms with Gasteiger partial charge in [-0.15, -0.1) is 0 Å². The summed E-state index contributed by atoms with van der Waals surface area (Å²) in [6.45, 7) is 7.16. The summed E-state index contributed by atoms with van der Waals surface area (Å²) in [6, 6.07) is 0. The second-order valence-corrected chi connectivity index (χ2v) is 30.1. The number of aliphatic hydroxyl groups is 1. The fraction of sp³-hybridized carbons (Fsp3) is 0.946. The molecule has 0 aromatic heterocycles. The van der Waals surface area contributed by atoms with Crippen molar-refractivity contribution in [3.8, 4) is 0 Å². The standard InChI is InChI=1S/C74H144O17P2/c1-6-9-12-15-18-21-23-25-26-27-28-29-30-31-32-33-35-37-40-43-49-54-59-73(78)90-69(63-85-72(77)58-53-48-42-39-36-34-24-22-19-16-13-10-7-2)65-88-92(80,81)86-61-68(75)62-87-93(82,83)89-66-70(91-74(79)60-55-50-45-44-46-51-56-67(4)5)64-84-71(76)57-52-47-41-38-20-17-14-11-8-3/h67-70,75H,6-66H2,1-5H3,(H,80,81)(H,82,83)/t68-,69-,70-/m1/s1. The van der Waals surface area contributed by atoms with Crippen LogP contribution >= 0.6 is 15.6 Å². The van der Waals surface area contributed by atoms with Gasteiger partial charge in [0.2, 0.25) is 0 Å². The molecule has 0 radical (unpaired) electrons. The first-order chi connectivity index (χ1) is 45.0. The van der Waals surface area contributed by atoms with Gasteiger partial charge in [0, 0.05) is 25.7 Å². The highest BCUT2D eigenvalue weighted by atomic mass is 31.2. The van der Waals surface area contributed by atoms with E-state index in [2.05, 4.69) is 34.6 Å². The molecule has 0 heterocycles. The predicted octanol–water partition coefficient (Wildman–Crippen LogP) is 21.7. The summed E-state index contributed by atoms with van der Waals surface area (Å²) in [5.74, 6) is -1.45. The zero-order chi connectivity index (χ0) is 68.4. The van der Waals surface area contributed by atoms with Gasteiger partial charge in [0.15, 0.2) is 12.2 Å². The van der Waals surface area contributed by atoms with Crippen molar-refractivity contribution in [3.05, 3.63) is 0 Å². The summed E-state index contributed by atoms with van der Waals surface area (Å²) >= 11 is 0. The Balaban J connectivity index is 5.14. The van der Waals surface area contributed by atoms with Gasteiger partial charge >= 0.3 is 39.5 Å². The van der Waals surface area contributed by atoms with Gasteiger partial charge in [-0.05, 0) is 31.6 Å². The molecule has 0 rings (SSSR count). The Kier molecular flexibility index (Phi) is 65.9. The SMILES string of the molecule is CCCCCCCCCCCCCCCCCCCCCCCCC(=O)O[C@H](COC(=O)CCCCCCCCCCCCCCC)COP(=O)(O)OC[C@@H](O)COP(=O)(O)OC[C@@H](COC(=O)CCCCCCCCCCC)OC(=O)CCCCCCCCC(C)C. The number of esters is 4. The molecule has 5 atom stereocenters. The van der Waals surface area contributed by atoms with Crippen LogP contribution in [-0.4, -0.2) is 96.7 Å². The van der Waals surface area contributed by atoms with E-state index in [1.54, 1.807) is 0 Å². The number of phosphoric ester groups is 2. The molecule has 552 valence electrons. The molecule has 0 amide bonds. The molecule has 17 nitrogen and oxygen atoms in total. The van der Waals surface area contributed by atoms with Gasteiger partial charge in [-0.2, -0.15) is 0 Å². The lowest BCUT2D eigenvalue weighted by atomic mass is 10.0. The quantitative estimate of drug-likeness (QED) is 0.0222. The molecule has 0 aliphatic carbocycles. The number of rotatable bonds is 74. The minimum absolute atomic E-state index is 0.103. The molecule has 0 spiro atoms. The van der Waals surface area contributed by atoms with Crippen LogP contribution in [-0.2, 0) is 65.4 Å². The van der Waals surface area contributed by atoms with Crippen LogP contribution in [0.2, 0.25) is 0 Å². The van der Waals surface area contributed by atoms with Crippen molar-refractivity contribution in [2.24, 2.45) is 5.92 Å². The van der Waals surface area contributed by atoms with Crippen LogP contribution in [0.25, 0.3) is 0 Å². The van der Waals surface area contributed by atoms with Gasteiger partial charge in [0.1, 0.15) is 19.3 Å². The average molecular weight is 1370 g/mol. The van der Waals surface area contributed by atoms with Crippen molar-refractivity contribution in [3.63, 3.8) is 0 Å². The maximum atomic E-state index is 13.1. The summed E-state index contributed by atoms with van der Waals surface area (Å²) in [7, 11) is -9.90. The molecule has 0 saturated heterocycles. The Morgan fingerprint density at radius 2 is 0.495 bits per heavy atom. The lowest BCUT2D eigenvalue weighted by Gasteiger charge is -2.21. The minimum atomic E-state index is -4.95. The zero-order valence-electron chi connectivity index (χ0n) is 60.4. The number of hydrogen-bond acceptors (Lipinski definition) is 15. The third-order valence-corrected chi connectivity index (χ3v) is 19.2. The Labute approximate surface area is 568 Å². The summed E-state index contributed by atoms with van der Waals surface area (Å²) < 4.78 is 68.3. The third kappa shape index (κ3) is 68.4. The molecule has 19 heteroatoms. The summed E-state index contributed by atoms with van der Waals surface area (Å²) in [6.07, 6.45) is 55.9. The van der Waals surface area contributed by atoms with E-state index in [0.717, 1.165) is 89.9 Å². The van der Waals surface area contributed by atoms with Crippen LogP contribution in [0.4, 0.5) is 0 Å². The van der Waals surface area contributed by atoms with Gasteiger partial charge in [-0.25, -0.2) is 9.13 Å². The number of carbonyl (C=O) groups is 4. The molecule has 0 bridgehead atoms. The van der Waals surface area contributed by atoms with Crippen LogP contribution in [0.1, 0.15) is 388 Å². The van der Waals surface area contributed by atoms with Gasteiger partial charge < -0.3 is 33.8 Å². The van der Waals surface area contributed by atoms with Crippen molar-refractivity contribution in [2.45, 2.75) is 406 Å². The minimum Gasteiger partial charge on any atom is -0.462 e. The van der Waals surface area contributed by atoms with Crippen LogP contribution in [0.15, 0.2) is 0 Å². The summed E-state index contributed by atoms with van der Waals surface area (Å²) in [4.78, 5) is 72.5. The van der Waals surface area contributed by atoms with E-state index < -0.39 is 97.5 Å².